The minimum Gasteiger partial charge on any atom is -0.382 e. The fourth-order valence-corrected chi connectivity index (χ4v) is 1.13. The molecule has 0 fully saturated rings. The Balaban J connectivity index is 2.77. The summed E-state index contributed by atoms with van der Waals surface area (Å²) in [4.78, 5) is 0. The maximum Gasteiger partial charge on any atom is 0.209 e. The fraction of sp³-hybridized carbons (Fsp3) is 0.400. The second kappa shape index (κ2) is 3.72. The molecule has 0 aliphatic carbocycles. The molecule has 0 bridgehead atoms. The maximum absolute atomic E-state index is 10.7. The molecule has 0 aliphatic heterocycles. The quantitative estimate of drug-likeness (QED) is 0.412. The lowest BCUT2D eigenvalue weighted by atomic mass is 10.3. The van der Waals surface area contributed by atoms with E-state index in [9.17, 15) is 8.42 Å². The van der Waals surface area contributed by atoms with Crippen LogP contribution in [0.5, 0.6) is 0 Å². The number of aromatic nitrogens is 2. The van der Waals surface area contributed by atoms with Gasteiger partial charge in [-0.15, -0.1) is 0 Å². The zero-order valence-electron chi connectivity index (χ0n) is 7.31. The lowest BCUT2D eigenvalue weighted by Crippen LogP contribution is -2.23. The van der Waals surface area contributed by atoms with Crippen LogP contribution in [0.25, 0.3) is 0 Å². The van der Waals surface area contributed by atoms with Gasteiger partial charge in [0.25, 0.3) is 0 Å². The lowest BCUT2D eigenvalue weighted by molar-refractivity contribution is 0.302. The number of hydrogen-bond acceptors (Lipinski definition) is 6. The predicted molar refractivity (Wildman–Crippen MR) is 47.0 cm³/mol. The Labute approximate surface area is 80.0 Å². The Hall–Kier alpha value is -1.48. The smallest absolute Gasteiger partial charge is 0.209 e. The van der Waals surface area contributed by atoms with Crippen molar-refractivity contribution in [1.82, 2.24) is 15.0 Å². The molecular weight excluding hydrogens is 210 g/mol. The second-order valence-electron chi connectivity index (χ2n) is 2.57. The van der Waals surface area contributed by atoms with Crippen LogP contribution >= 0.6 is 0 Å². The van der Waals surface area contributed by atoms with Gasteiger partial charge in [-0.1, -0.05) is 5.16 Å². The molecule has 0 unspecified atom stereocenters. The van der Waals surface area contributed by atoms with E-state index in [2.05, 4.69) is 19.7 Å². The third-order valence-corrected chi connectivity index (χ3v) is 1.98. The molecule has 78 valence electrons. The first-order chi connectivity index (χ1) is 6.40. The summed E-state index contributed by atoms with van der Waals surface area (Å²) in [6, 6.07) is 0. The first-order valence-electron chi connectivity index (χ1n) is 3.50. The highest BCUT2D eigenvalue weighted by Gasteiger charge is 2.13. The van der Waals surface area contributed by atoms with E-state index in [0.717, 1.165) is 6.26 Å². The van der Waals surface area contributed by atoms with Crippen LogP contribution in [0.3, 0.4) is 0 Å². The first-order valence-corrected chi connectivity index (χ1v) is 5.40. The number of nitrogen functional groups attached to an aromatic ring is 1. The molecule has 0 radical (unpaired) electrons. The van der Waals surface area contributed by atoms with E-state index < -0.39 is 10.0 Å². The van der Waals surface area contributed by atoms with Crippen molar-refractivity contribution < 1.29 is 13.0 Å². The monoisotopic (exact) mass is 219 g/mol. The topological polar surface area (TPSA) is 135 Å². The third kappa shape index (κ3) is 2.78. The number of hydrogen-bond donors (Lipinski definition) is 3. The van der Waals surface area contributed by atoms with Crippen molar-refractivity contribution in [2.75, 3.05) is 6.26 Å². The van der Waals surface area contributed by atoms with Gasteiger partial charge in [0.1, 0.15) is 11.5 Å². The molecule has 1 aromatic heterocycles. The number of rotatable bonds is 4. The van der Waals surface area contributed by atoms with Crippen molar-refractivity contribution in [3.63, 3.8) is 0 Å². The maximum atomic E-state index is 10.7. The molecular formula is C5H9N5O3S. The molecule has 9 heteroatoms. The van der Waals surface area contributed by atoms with Crippen molar-refractivity contribution in [2.45, 2.75) is 6.54 Å². The normalized spacial score (nSPS) is 11.5. The highest BCUT2D eigenvalue weighted by atomic mass is 32.2. The summed E-state index contributed by atoms with van der Waals surface area (Å²) >= 11 is 0. The van der Waals surface area contributed by atoms with Crippen LogP contribution in [-0.2, 0) is 16.6 Å². The zero-order chi connectivity index (χ0) is 10.8. The predicted octanol–water partition coefficient (Wildman–Crippen LogP) is -1.60. The van der Waals surface area contributed by atoms with Gasteiger partial charge in [0.2, 0.25) is 10.0 Å². The van der Waals surface area contributed by atoms with Gasteiger partial charge in [-0.25, -0.2) is 17.8 Å². The molecule has 0 spiro atoms. The van der Waals surface area contributed by atoms with Crippen molar-refractivity contribution in [2.24, 2.45) is 5.73 Å². The van der Waals surface area contributed by atoms with Crippen LogP contribution in [0, 0.1) is 5.41 Å². The zero-order valence-corrected chi connectivity index (χ0v) is 8.13. The number of amidine groups is 1. The largest absolute Gasteiger partial charge is 0.382 e. The van der Waals surface area contributed by atoms with Gasteiger partial charge in [-0.05, 0) is 5.16 Å². The van der Waals surface area contributed by atoms with Crippen LogP contribution < -0.4 is 10.5 Å². The van der Waals surface area contributed by atoms with E-state index in [-0.39, 0.29) is 23.8 Å². The summed E-state index contributed by atoms with van der Waals surface area (Å²) < 4.78 is 28.0. The van der Waals surface area contributed by atoms with Crippen LogP contribution in [0.2, 0.25) is 0 Å². The second-order valence-corrected chi connectivity index (χ2v) is 4.40. The highest BCUT2D eigenvalue weighted by Crippen LogP contribution is 2.01. The van der Waals surface area contributed by atoms with Crippen molar-refractivity contribution >= 4 is 15.9 Å². The van der Waals surface area contributed by atoms with Gasteiger partial charge in [0.15, 0.2) is 5.69 Å². The van der Waals surface area contributed by atoms with E-state index in [1.165, 1.54) is 0 Å². The van der Waals surface area contributed by atoms with Gasteiger partial charge >= 0.3 is 0 Å². The van der Waals surface area contributed by atoms with E-state index in [4.69, 9.17) is 11.1 Å². The van der Waals surface area contributed by atoms with Gasteiger partial charge in [0, 0.05) is 0 Å². The van der Waals surface area contributed by atoms with Crippen LogP contribution in [0.15, 0.2) is 4.63 Å². The van der Waals surface area contributed by atoms with E-state index in [1.807, 2.05) is 0 Å². The van der Waals surface area contributed by atoms with Gasteiger partial charge in [-0.2, -0.15) is 0 Å². The molecule has 0 aromatic carbocycles. The minimum atomic E-state index is -3.31. The molecule has 0 amide bonds. The molecule has 1 heterocycles. The Morgan fingerprint density at radius 2 is 2.29 bits per heavy atom. The van der Waals surface area contributed by atoms with Gasteiger partial charge in [0.05, 0.1) is 12.8 Å². The van der Waals surface area contributed by atoms with Crippen LogP contribution in [0.1, 0.15) is 11.4 Å². The summed E-state index contributed by atoms with van der Waals surface area (Å²) in [6.45, 7) is -0.1000. The van der Waals surface area contributed by atoms with Gasteiger partial charge < -0.3 is 5.73 Å². The summed E-state index contributed by atoms with van der Waals surface area (Å²) in [5.41, 5.74) is 5.37. The van der Waals surface area contributed by atoms with Gasteiger partial charge in [-0.3, -0.25) is 5.41 Å². The Morgan fingerprint density at radius 1 is 1.64 bits per heavy atom. The van der Waals surface area contributed by atoms with E-state index in [1.54, 1.807) is 0 Å². The number of nitrogens with zero attached hydrogens (tertiary/aromatic N) is 2. The molecule has 1 rings (SSSR count). The first kappa shape index (κ1) is 10.6. The van der Waals surface area contributed by atoms with E-state index >= 15 is 0 Å². The highest BCUT2D eigenvalue weighted by molar-refractivity contribution is 7.88. The van der Waals surface area contributed by atoms with Crippen LogP contribution in [0.4, 0.5) is 0 Å². The molecule has 1 aromatic rings. The summed E-state index contributed by atoms with van der Waals surface area (Å²) in [5, 5.41) is 13.8. The molecule has 0 aliphatic rings. The number of nitrogens with two attached hydrogens (primary N) is 1. The Morgan fingerprint density at radius 3 is 2.79 bits per heavy atom. The summed E-state index contributed by atoms with van der Waals surface area (Å²) in [5.74, 6) is -0.323. The standard InChI is InChI=1S/C5H9N5O3S/c1-14(11,12)8-2-3-4(5(6)7)10-13-9-3/h8H,2H2,1H3,(H3,6,7). The molecule has 0 atom stereocenters. The summed E-state index contributed by atoms with van der Waals surface area (Å²) in [7, 11) is -3.31. The third-order valence-electron chi connectivity index (χ3n) is 1.31. The average Bonchev–Trinajstić information content (AvgIpc) is 2.46. The molecule has 4 N–H and O–H groups in total. The molecule has 0 saturated heterocycles. The SMILES string of the molecule is CS(=O)(=O)NCc1nonc1C(=N)N. The fourth-order valence-electron chi connectivity index (χ4n) is 0.727. The molecule has 0 saturated carbocycles. The van der Waals surface area contributed by atoms with Crippen molar-refractivity contribution in [3.8, 4) is 0 Å². The number of nitrogens with one attached hydrogen (secondary N) is 2. The van der Waals surface area contributed by atoms with Crippen LogP contribution in [-0.4, -0.2) is 30.8 Å². The van der Waals surface area contributed by atoms with Crippen molar-refractivity contribution in [3.05, 3.63) is 11.4 Å². The summed E-state index contributed by atoms with van der Waals surface area (Å²) in [6.07, 6.45) is 1.01. The van der Waals surface area contributed by atoms with Crippen molar-refractivity contribution in [1.29, 1.82) is 5.41 Å². The Bertz CT molecular complexity index is 436. The molecule has 14 heavy (non-hydrogen) atoms. The number of sulfonamides is 1. The minimum absolute atomic E-state index is 0.0427. The molecule has 8 nitrogen and oxygen atoms in total. The Kier molecular flexibility index (Phi) is 2.81. The van der Waals surface area contributed by atoms with E-state index in [0.29, 0.717) is 0 Å². The lowest BCUT2D eigenvalue weighted by Gasteiger charge is -1.98. The average molecular weight is 219 g/mol.